The summed E-state index contributed by atoms with van der Waals surface area (Å²) >= 11 is 3.54. The number of para-hydroxylation sites is 2. The number of fused-ring (bicyclic) bond motifs is 1. The van der Waals surface area contributed by atoms with Gasteiger partial charge >= 0.3 is 12.0 Å². The lowest BCUT2D eigenvalue weighted by molar-refractivity contribution is 0.0696. The van der Waals surface area contributed by atoms with Gasteiger partial charge in [-0.1, -0.05) is 42.5 Å². The highest BCUT2D eigenvalue weighted by atomic mass is 79.9. The van der Waals surface area contributed by atoms with Gasteiger partial charge in [-0.2, -0.15) is 4.98 Å². The number of hydrogen-bond donors (Lipinski definition) is 2. The van der Waals surface area contributed by atoms with E-state index in [2.05, 4.69) is 31.2 Å². The molecule has 3 aromatic carbocycles. The minimum atomic E-state index is -1.02. The lowest BCUT2D eigenvalue weighted by Gasteiger charge is -2.36. The van der Waals surface area contributed by atoms with Gasteiger partial charge < -0.3 is 10.4 Å². The van der Waals surface area contributed by atoms with E-state index >= 15 is 0 Å². The van der Waals surface area contributed by atoms with Crippen LogP contribution in [-0.2, 0) is 13.1 Å². The molecule has 35 heavy (non-hydrogen) atoms. The topological polar surface area (TPSA) is 98.7 Å². The summed E-state index contributed by atoms with van der Waals surface area (Å²) in [5.74, 6) is -0.183. The lowest BCUT2D eigenvalue weighted by Crippen LogP contribution is -2.47. The fourth-order valence-electron chi connectivity index (χ4n) is 3.91. The molecule has 2 amide bonds. The molecule has 5 rings (SSSR count). The highest BCUT2D eigenvalue weighted by Crippen LogP contribution is 2.35. The van der Waals surface area contributed by atoms with E-state index in [1.54, 1.807) is 34.2 Å². The predicted octanol–water partition coefficient (Wildman–Crippen LogP) is 5.83. The second-order valence-corrected chi connectivity index (χ2v) is 8.80. The molecule has 0 bridgehead atoms. The molecule has 0 aliphatic carbocycles. The molecular formula is C26H20BrN5O3. The third kappa shape index (κ3) is 4.71. The number of nitrogens with zero attached hydrogens (tertiary/aromatic N) is 4. The molecular weight excluding hydrogens is 510 g/mol. The summed E-state index contributed by atoms with van der Waals surface area (Å²) in [5, 5.41) is 12.6. The van der Waals surface area contributed by atoms with Gasteiger partial charge in [0, 0.05) is 21.9 Å². The van der Waals surface area contributed by atoms with E-state index in [4.69, 9.17) is 0 Å². The lowest BCUT2D eigenvalue weighted by atomic mass is 10.1. The number of carbonyl (C=O) groups excluding carboxylic acids is 1. The molecule has 0 unspecified atom stereocenters. The number of carbonyl (C=O) groups is 2. The van der Waals surface area contributed by atoms with Gasteiger partial charge in [0.2, 0.25) is 5.95 Å². The Bertz CT molecular complexity index is 1410. The molecule has 2 heterocycles. The first-order valence-corrected chi connectivity index (χ1v) is 11.6. The number of carboxylic acid groups (broad SMARTS) is 1. The Kier molecular flexibility index (Phi) is 6.15. The van der Waals surface area contributed by atoms with Gasteiger partial charge in [-0.25, -0.2) is 14.6 Å². The average Bonchev–Trinajstić information content (AvgIpc) is 2.87. The van der Waals surface area contributed by atoms with Gasteiger partial charge in [0.05, 0.1) is 24.3 Å². The Balaban J connectivity index is 1.56. The number of carboxylic acids is 1. The van der Waals surface area contributed by atoms with Gasteiger partial charge in [-0.05, 0) is 57.9 Å². The van der Waals surface area contributed by atoms with E-state index in [-0.39, 0.29) is 18.1 Å². The van der Waals surface area contributed by atoms with E-state index in [1.807, 2.05) is 54.6 Å². The number of nitrogens with one attached hydrogen (secondary N) is 1. The number of halogens is 1. The highest BCUT2D eigenvalue weighted by molar-refractivity contribution is 9.10. The van der Waals surface area contributed by atoms with Crippen LogP contribution in [0.3, 0.4) is 0 Å². The van der Waals surface area contributed by atoms with Crippen LogP contribution in [0.25, 0.3) is 0 Å². The van der Waals surface area contributed by atoms with Crippen LogP contribution in [0.15, 0.2) is 89.5 Å². The zero-order valence-corrected chi connectivity index (χ0v) is 20.0. The van der Waals surface area contributed by atoms with Crippen molar-refractivity contribution in [2.24, 2.45) is 0 Å². The fourth-order valence-corrected chi connectivity index (χ4v) is 4.41. The maximum absolute atomic E-state index is 13.8. The molecule has 8 nitrogen and oxygen atoms in total. The van der Waals surface area contributed by atoms with Crippen molar-refractivity contribution >= 4 is 51.1 Å². The third-order valence-corrected chi connectivity index (χ3v) is 6.25. The van der Waals surface area contributed by atoms with Gasteiger partial charge in [-0.15, -0.1) is 0 Å². The summed E-state index contributed by atoms with van der Waals surface area (Å²) in [6.07, 6.45) is 1.71. The summed E-state index contributed by atoms with van der Waals surface area (Å²) in [4.78, 5) is 37.6. The maximum atomic E-state index is 13.8. The summed E-state index contributed by atoms with van der Waals surface area (Å²) in [6, 6.07) is 23.3. The fraction of sp³-hybridized carbons (Fsp3) is 0.0769. The molecule has 1 aliphatic rings. The Morgan fingerprint density at radius 2 is 1.80 bits per heavy atom. The average molecular weight is 530 g/mol. The van der Waals surface area contributed by atoms with Crippen molar-refractivity contribution < 1.29 is 14.7 Å². The largest absolute Gasteiger partial charge is 0.478 e. The monoisotopic (exact) mass is 529 g/mol. The number of urea groups is 1. The maximum Gasteiger partial charge on any atom is 0.335 e. The van der Waals surface area contributed by atoms with E-state index in [1.165, 1.54) is 6.07 Å². The van der Waals surface area contributed by atoms with Crippen LogP contribution in [0.4, 0.5) is 27.9 Å². The predicted molar refractivity (Wildman–Crippen MR) is 137 cm³/mol. The Labute approximate surface area is 210 Å². The van der Waals surface area contributed by atoms with Crippen LogP contribution in [0.2, 0.25) is 0 Å². The molecule has 1 aromatic heterocycles. The van der Waals surface area contributed by atoms with Crippen molar-refractivity contribution in [1.29, 1.82) is 0 Å². The minimum absolute atomic E-state index is 0.149. The molecule has 2 N–H and O–H groups in total. The van der Waals surface area contributed by atoms with Crippen molar-refractivity contribution in [3.05, 3.63) is 106 Å². The van der Waals surface area contributed by atoms with Gasteiger partial charge in [0.1, 0.15) is 5.82 Å². The van der Waals surface area contributed by atoms with Crippen molar-refractivity contribution in [3.63, 3.8) is 0 Å². The van der Waals surface area contributed by atoms with Crippen molar-refractivity contribution in [1.82, 2.24) is 9.97 Å². The second-order valence-electron chi connectivity index (χ2n) is 7.95. The number of amides is 2. The number of aromatic nitrogens is 2. The minimum Gasteiger partial charge on any atom is -0.478 e. The van der Waals surface area contributed by atoms with Crippen LogP contribution in [0.1, 0.15) is 21.5 Å². The van der Waals surface area contributed by atoms with E-state index < -0.39 is 5.97 Å². The Morgan fingerprint density at radius 1 is 1.03 bits per heavy atom. The van der Waals surface area contributed by atoms with E-state index in [0.29, 0.717) is 23.9 Å². The van der Waals surface area contributed by atoms with E-state index in [9.17, 15) is 14.7 Å². The Hall–Kier alpha value is -4.24. The molecule has 9 heteroatoms. The van der Waals surface area contributed by atoms with Gasteiger partial charge in [0.25, 0.3) is 0 Å². The molecule has 0 radical (unpaired) electrons. The zero-order chi connectivity index (χ0) is 24.4. The standard InChI is InChI=1S/C26H20BrN5O3/c27-21-11-4-5-12-22(21)31-16-19-14-28-25(29-20-9-2-1-3-10-20)30-23(19)32(26(31)35)15-17-7-6-8-18(13-17)24(33)34/h1-14H,15-16H2,(H,33,34)(H,28,29,30). The zero-order valence-electron chi connectivity index (χ0n) is 18.4. The molecule has 0 spiro atoms. The summed E-state index contributed by atoms with van der Waals surface area (Å²) < 4.78 is 0.785. The quantitative estimate of drug-likeness (QED) is 0.326. The number of aromatic carboxylic acids is 1. The summed E-state index contributed by atoms with van der Waals surface area (Å²) in [7, 11) is 0. The summed E-state index contributed by atoms with van der Waals surface area (Å²) in [5.41, 5.74) is 3.15. The number of anilines is 4. The van der Waals surface area contributed by atoms with Crippen LogP contribution in [0.5, 0.6) is 0 Å². The summed E-state index contributed by atoms with van der Waals surface area (Å²) in [6.45, 7) is 0.448. The molecule has 174 valence electrons. The molecule has 0 atom stereocenters. The molecule has 0 saturated carbocycles. The van der Waals surface area contributed by atoms with Crippen molar-refractivity contribution in [2.45, 2.75) is 13.1 Å². The molecule has 0 saturated heterocycles. The van der Waals surface area contributed by atoms with Crippen molar-refractivity contribution in [3.8, 4) is 0 Å². The molecule has 4 aromatic rings. The van der Waals surface area contributed by atoms with E-state index in [0.717, 1.165) is 21.4 Å². The van der Waals surface area contributed by atoms with Crippen LogP contribution >= 0.6 is 15.9 Å². The third-order valence-electron chi connectivity index (χ3n) is 5.58. The first-order valence-electron chi connectivity index (χ1n) is 10.8. The van der Waals surface area contributed by atoms with Crippen molar-refractivity contribution in [2.75, 3.05) is 15.1 Å². The van der Waals surface area contributed by atoms with Crippen LogP contribution in [-0.4, -0.2) is 27.1 Å². The second kappa shape index (κ2) is 9.55. The number of rotatable bonds is 6. The molecule has 0 fully saturated rings. The molecule has 1 aliphatic heterocycles. The highest BCUT2D eigenvalue weighted by Gasteiger charge is 2.34. The SMILES string of the molecule is O=C(O)c1cccc(CN2C(=O)N(c3ccccc3Br)Cc3cnc(Nc4ccccc4)nc32)c1. The normalized spacial score (nSPS) is 12.9. The Morgan fingerprint density at radius 3 is 2.57 bits per heavy atom. The first kappa shape index (κ1) is 22.5. The smallest absolute Gasteiger partial charge is 0.335 e. The van der Waals surface area contributed by atoms with Gasteiger partial charge in [0.15, 0.2) is 0 Å². The van der Waals surface area contributed by atoms with Gasteiger partial charge in [-0.3, -0.25) is 9.80 Å². The van der Waals surface area contributed by atoms with Crippen LogP contribution < -0.4 is 15.1 Å². The van der Waals surface area contributed by atoms with Crippen LogP contribution in [0, 0.1) is 0 Å². The first-order chi connectivity index (χ1) is 17.0. The number of hydrogen-bond acceptors (Lipinski definition) is 5. The number of benzene rings is 3.